The number of benzene rings is 1. The number of aromatic nitrogens is 2. The van der Waals surface area contributed by atoms with Crippen molar-refractivity contribution in [2.45, 2.75) is 31.1 Å². The third-order valence-corrected chi connectivity index (χ3v) is 5.22. The van der Waals surface area contributed by atoms with E-state index in [1.807, 2.05) is 4.90 Å². The number of anilines is 2. The molecule has 3 atom stereocenters. The van der Waals surface area contributed by atoms with Gasteiger partial charge < -0.3 is 20.0 Å². The van der Waals surface area contributed by atoms with Gasteiger partial charge in [0.05, 0.1) is 31.3 Å². The van der Waals surface area contributed by atoms with Gasteiger partial charge in [0.25, 0.3) is 0 Å². The highest BCUT2D eigenvalue weighted by molar-refractivity contribution is 5.89. The van der Waals surface area contributed by atoms with E-state index in [2.05, 4.69) is 15.5 Å². The fourth-order valence-electron chi connectivity index (χ4n) is 3.80. The number of likely N-dealkylation sites (tertiary alicyclic amines) is 1. The molecular weight excluding hydrogens is 372 g/mol. The molecule has 2 aromatic rings. The van der Waals surface area contributed by atoms with Crippen LogP contribution in [0, 0.1) is 11.6 Å². The first-order valence-corrected chi connectivity index (χ1v) is 9.11. The van der Waals surface area contributed by atoms with Crippen molar-refractivity contribution in [3.63, 3.8) is 0 Å². The number of hydrogen-bond acceptors (Lipinski definition) is 5. The van der Waals surface area contributed by atoms with Crippen molar-refractivity contribution in [1.29, 1.82) is 0 Å². The Balaban J connectivity index is 1.47. The van der Waals surface area contributed by atoms with Crippen LogP contribution < -0.4 is 10.2 Å². The van der Waals surface area contributed by atoms with Crippen LogP contribution in [0.25, 0.3) is 0 Å². The van der Waals surface area contributed by atoms with Gasteiger partial charge in [-0.1, -0.05) is 0 Å². The highest BCUT2D eigenvalue weighted by atomic mass is 19.1. The maximum atomic E-state index is 14.2. The molecule has 1 aromatic heterocycles. The molecule has 8 nitrogen and oxygen atoms in total. The summed E-state index contributed by atoms with van der Waals surface area (Å²) in [6.45, 7) is 0.718. The second kappa shape index (κ2) is 7.36. The monoisotopic (exact) mass is 393 g/mol. The number of urea groups is 1. The number of amides is 2. The third-order valence-electron chi connectivity index (χ3n) is 5.22. The zero-order valence-corrected chi connectivity index (χ0v) is 15.0. The number of nitrogens with zero attached hydrogens (tertiary/aromatic N) is 3. The van der Waals surface area contributed by atoms with Gasteiger partial charge in [-0.3, -0.25) is 10.4 Å². The molecular formula is C18H21F2N5O3. The number of nitrogens with one attached hydrogen (secondary N) is 2. The van der Waals surface area contributed by atoms with Gasteiger partial charge in [0, 0.05) is 18.2 Å². The lowest BCUT2D eigenvalue weighted by Gasteiger charge is -2.25. The van der Waals surface area contributed by atoms with E-state index < -0.39 is 29.9 Å². The summed E-state index contributed by atoms with van der Waals surface area (Å²) < 4.78 is 27.8. The number of carbonyl (C=O) groups excluding carboxylic acids is 1. The molecule has 0 aliphatic carbocycles. The standard InChI is InChI=1S/C18H21F2N5O3/c19-10-3-4-12(20)11(6-10)13-2-1-5-25(13)17-7-16(22-23-17)21-18(28)24-8-14(26)15(27)9-24/h3-4,6-7,13-15,26-27H,1-2,5,8-9H2,(H2,21,22,23,28)/t13-,14-,15-/m1/s1. The second-order valence-corrected chi connectivity index (χ2v) is 7.13. The van der Waals surface area contributed by atoms with Crippen LogP contribution in [0.3, 0.4) is 0 Å². The molecule has 2 amide bonds. The topological polar surface area (TPSA) is 105 Å². The molecule has 0 radical (unpaired) electrons. The summed E-state index contributed by atoms with van der Waals surface area (Å²) >= 11 is 0. The Morgan fingerprint density at radius 1 is 1.21 bits per heavy atom. The van der Waals surface area contributed by atoms with Gasteiger partial charge in [0.2, 0.25) is 0 Å². The molecule has 28 heavy (non-hydrogen) atoms. The van der Waals surface area contributed by atoms with Crippen LogP contribution in [-0.4, -0.2) is 63.2 Å². The first-order valence-electron chi connectivity index (χ1n) is 9.11. The van der Waals surface area contributed by atoms with E-state index in [1.54, 1.807) is 6.07 Å². The summed E-state index contributed by atoms with van der Waals surface area (Å²) in [4.78, 5) is 15.4. The van der Waals surface area contributed by atoms with Crippen LogP contribution in [-0.2, 0) is 0 Å². The molecule has 150 valence electrons. The van der Waals surface area contributed by atoms with E-state index in [9.17, 15) is 23.8 Å². The molecule has 3 heterocycles. The molecule has 4 N–H and O–H groups in total. The van der Waals surface area contributed by atoms with Gasteiger partial charge in [-0.05, 0) is 31.0 Å². The fraction of sp³-hybridized carbons (Fsp3) is 0.444. The average molecular weight is 393 g/mol. The first kappa shape index (κ1) is 18.6. The molecule has 4 rings (SSSR count). The predicted octanol–water partition coefficient (Wildman–Crippen LogP) is 1.60. The Bertz CT molecular complexity index is 867. The van der Waals surface area contributed by atoms with Crippen LogP contribution in [0.15, 0.2) is 24.3 Å². The quantitative estimate of drug-likeness (QED) is 0.634. The maximum absolute atomic E-state index is 14.2. The van der Waals surface area contributed by atoms with E-state index >= 15 is 0 Å². The van der Waals surface area contributed by atoms with Crippen molar-refractivity contribution in [3.8, 4) is 0 Å². The van der Waals surface area contributed by atoms with Gasteiger partial charge in [-0.15, -0.1) is 0 Å². The third kappa shape index (κ3) is 3.52. The maximum Gasteiger partial charge on any atom is 0.323 e. The minimum absolute atomic E-state index is 0.0390. The Kier molecular flexibility index (Phi) is 4.90. The number of aliphatic hydroxyl groups is 2. The number of hydrogen-bond donors (Lipinski definition) is 4. The van der Waals surface area contributed by atoms with Crippen molar-refractivity contribution >= 4 is 17.7 Å². The molecule has 2 aliphatic heterocycles. The molecule has 0 unspecified atom stereocenters. The number of carbonyl (C=O) groups is 1. The molecule has 10 heteroatoms. The number of halogens is 2. The largest absolute Gasteiger partial charge is 0.388 e. The van der Waals surface area contributed by atoms with E-state index in [0.717, 1.165) is 18.6 Å². The molecule has 0 bridgehead atoms. The SMILES string of the molecule is O=C(Nc1cc(N2CCC[C@@H]2c2cc(F)ccc2F)[nH]n1)N1C[C@@H](O)[C@H](O)C1. The van der Waals surface area contributed by atoms with Gasteiger partial charge in [-0.25, -0.2) is 13.6 Å². The van der Waals surface area contributed by atoms with Gasteiger partial charge in [0.15, 0.2) is 5.82 Å². The summed E-state index contributed by atoms with van der Waals surface area (Å²) in [5.74, 6) is -0.0995. The van der Waals surface area contributed by atoms with Crippen molar-refractivity contribution in [2.75, 3.05) is 29.9 Å². The van der Waals surface area contributed by atoms with E-state index in [-0.39, 0.29) is 30.5 Å². The average Bonchev–Trinajstić information content (AvgIpc) is 3.38. The lowest BCUT2D eigenvalue weighted by atomic mass is 10.0. The summed E-state index contributed by atoms with van der Waals surface area (Å²) in [5.41, 5.74) is 0.290. The number of aromatic amines is 1. The van der Waals surface area contributed by atoms with Crippen LogP contribution in [0.1, 0.15) is 24.4 Å². The summed E-state index contributed by atoms with van der Waals surface area (Å²) in [6, 6.07) is 4.23. The fourth-order valence-corrected chi connectivity index (χ4v) is 3.80. The highest BCUT2D eigenvalue weighted by Crippen LogP contribution is 2.37. The molecule has 1 aromatic carbocycles. The van der Waals surface area contributed by atoms with E-state index in [4.69, 9.17) is 0 Å². The summed E-state index contributed by atoms with van der Waals surface area (Å²) in [7, 11) is 0. The Morgan fingerprint density at radius 2 is 1.96 bits per heavy atom. The van der Waals surface area contributed by atoms with Crippen LogP contribution >= 0.6 is 0 Å². The van der Waals surface area contributed by atoms with E-state index in [1.165, 1.54) is 11.0 Å². The Hall–Kier alpha value is -2.72. The molecule has 2 aliphatic rings. The van der Waals surface area contributed by atoms with Crippen molar-refractivity contribution in [2.24, 2.45) is 0 Å². The number of aliphatic hydroxyl groups excluding tert-OH is 2. The van der Waals surface area contributed by atoms with Crippen molar-refractivity contribution in [3.05, 3.63) is 41.5 Å². The lowest BCUT2D eigenvalue weighted by Crippen LogP contribution is -2.34. The first-order chi connectivity index (χ1) is 13.4. The lowest BCUT2D eigenvalue weighted by molar-refractivity contribution is 0.0572. The van der Waals surface area contributed by atoms with Crippen LogP contribution in [0.2, 0.25) is 0 Å². The number of β-amino-alcohol motifs (C(OH)–C–C–N with tert-alkyl or cyclic N) is 2. The minimum Gasteiger partial charge on any atom is -0.388 e. The summed E-state index contributed by atoms with van der Waals surface area (Å²) in [6.07, 6.45) is -0.450. The summed E-state index contributed by atoms with van der Waals surface area (Å²) in [5, 5.41) is 28.6. The van der Waals surface area contributed by atoms with Crippen LogP contribution in [0.4, 0.5) is 25.2 Å². The van der Waals surface area contributed by atoms with Gasteiger partial charge in [-0.2, -0.15) is 5.10 Å². The zero-order chi connectivity index (χ0) is 19.8. The minimum atomic E-state index is -0.966. The van der Waals surface area contributed by atoms with E-state index in [0.29, 0.717) is 18.8 Å². The number of H-pyrrole nitrogens is 1. The highest BCUT2D eigenvalue weighted by Gasteiger charge is 2.33. The predicted molar refractivity (Wildman–Crippen MR) is 96.9 cm³/mol. The second-order valence-electron chi connectivity index (χ2n) is 7.13. The zero-order valence-electron chi connectivity index (χ0n) is 15.0. The molecule has 2 fully saturated rings. The van der Waals surface area contributed by atoms with Gasteiger partial charge >= 0.3 is 6.03 Å². The molecule has 0 saturated carbocycles. The molecule has 2 saturated heterocycles. The van der Waals surface area contributed by atoms with Crippen LogP contribution in [0.5, 0.6) is 0 Å². The smallest absolute Gasteiger partial charge is 0.323 e. The number of rotatable bonds is 3. The Labute approximate surface area is 159 Å². The van der Waals surface area contributed by atoms with Crippen molar-refractivity contribution in [1.82, 2.24) is 15.1 Å². The Morgan fingerprint density at radius 3 is 2.71 bits per heavy atom. The van der Waals surface area contributed by atoms with Gasteiger partial charge in [0.1, 0.15) is 17.5 Å². The van der Waals surface area contributed by atoms with Crippen molar-refractivity contribution < 1.29 is 23.8 Å². The molecule has 0 spiro atoms. The normalized spacial score (nSPS) is 24.8.